The Balaban J connectivity index is 2.77. The maximum absolute atomic E-state index is 11.6. The summed E-state index contributed by atoms with van der Waals surface area (Å²) < 4.78 is 5.15. The van der Waals surface area contributed by atoms with Crippen LogP contribution in [0.3, 0.4) is 0 Å². The molecule has 0 spiro atoms. The Morgan fingerprint density at radius 1 is 1.35 bits per heavy atom. The van der Waals surface area contributed by atoms with E-state index in [0.717, 1.165) is 0 Å². The zero-order valence-corrected chi connectivity index (χ0v) is 9.40. The zero-order valence-electron chi connectivity index (χ0n) is 9.40. The molecule has 2 rings (SSSR count). The Labute approximate surface area is 97.0 Å². The van der Waals surface area contributed by atoms with E-state index >= 15 is 0 Å². The number of aryl methyl sites for hydroxylation is 1. The van der Waals surface area contributed by atoms with Crippen LogP contribution in [0, 0.1) is 6.92 Å². The Morgan fingerprint density at radius 2 is 2.06 bits per heavy atom. The number of methoxy groups -OCH3 is 1. The van der Waals surface area contributed by atoms with Gasteiger partial charge in [-0.05, 0) is 13.0 Å². The van der Waals surface area contributed by atoms with Crippen molar-refractivity contribution in [2.24, 2.45) is 0 Å². The Morgan fingerprint density at radius 3 is 2.65 bits per heavy atom. The van der Waals surface area contributed by atoms with Crippen LogP contribution in [-0.4, -0.2) is 29.0 Å². The smallest absolute Gasteiger partial charge is 0.377 e. The summed E-state index contributed by atoms with van der Waals surface area (Å²) in [5.41, 5.74) is 1.35. The minimum atomic E-state index is -1.46. The van der Waals surface area contributed by atoms with E-state index in [1.165, 1.54) is 7.11 Å². The van der Waals surface area contributed by atoms with Crippen LogP contribution in [0.25, 0.3) is 10.9 Å². The highest BCUT2D eigenvalue weighted by Crippen LogP contribution is 2.29. The van der Waals surface area contributed by atoms with Crippen LogP contribution < -0.4 is 4.74 Å². The first-order valence-electron chi connectivity index (χ1n) is 4.99. The summed E-state index contributed by atoms with van der Waals surface area (Å²) in [4.78, 5) is 25.3. The van der Waals surface area contributed by atoms with Crippen LogP contribution in [0.15, 0.2) is 18.2 Å². The van der Waals surface area contributed by atoms with Crippen molar-refractivity contribution in [3.05, 3.63) is 29.5 Å². The van der Waals surface area contributed by atoms with Crippen LogP contribution in [0.5, 0.6) is 5.75 Å². The van der Waals surface area contributed by atoms with Crippen molar-refractivity contribution in [2.75, 3.05) is 7.11 Å². The number of aromatic amines is 1. The van der Waals surface area contributed by atoms with E-state index < -0.39 is 11.8 Å². The van der Waals surface area contributed by atoms with Crippen molar-refractivity contribution in [3.63, 3.8) is 0 Å². The minimum Gasteiger partial charge on any atom is -0.495 e. The van der Waals surface area contributed by atoms with E-state index in [1.807, 2.05) is 0 Å². The van der Waals surface area contributed by atoms with E-state index in [4.69, 9.17) is 9.84 Å². The molecule has 0 aliphatic heterocycles. The van der Waals surface area contributed by atoms with E-state index in [2.05, 4.69) is 4.98 Å². The molecular weight excluding hydrogens is 222 g/mol. The summed E-state index contributed by atoms with van der Waals surface area (Å²) in [6.45, 7) is 1.66. The van der Waals surface area contributed by atoms with Crippen molar-refractivity contribution < 1.29 is 19.4 Å². The molecule has 17 heavy (non-hydrogen) atoms. The number of aliphatic carboxylic acids is 1. The van der Waals surface area contributed by atoms with Crippen LogP contribution in [0.4, 0.5) is 0 Å². The van der Waals surface area contributed by atoms with Gasteiger partial charge in [-0.15, -0.1) is 0 Å². The van der Waals surface area contributed by atoms with Gasteiger partial charge in [-0.3, -0.25) is 4.79 Å². The van der Waals surface area contributed by atoms with Crippen LogP contribution in [0.2, 0.25) is 0 Å². The van der Waals surface area contributed by atoms with Gasteiger partial charge in [0.2, 0.25) is 0 Å². The number of hydrogen-bond donors (Lipinski definition) is 2. The molecule has 0 amide bonds. The lowest BCUT2D eigenvalue weighted by molar-refractivity contribution is -0.131. The van der Waals surface area contributed by atoms with Crippen molar-refractivity contribution in [3.8, 4) is 5.75 Å². The molecule has 1 heterocycles. The molecule has 0 saturated carbocycles. The molecule has 0 fully saturated rings. The predicted molar refractivity (Wildman–Crippen MR) is 61.6 cm³/mol. The maximum atomic E-state index is 11.6. The number of aromatic nitrogens is 1. The molecule has 0 aliphatic carbocycles. The molecule has 0 aliphatic rings. The number of rotatable bonds is 3. The summed E-state index contributed by atoms with van der Waals surface area (Å²) in [7, 11) is 1.52. The molecule has 0 unspecified atom stereocenters. The van der Waals surface area contributed by atoms with Gasteiger partial charge in [0.15, 0.2) is 0 Å². The van der Waals surface area contributed by atoms with Crippen LogP contribution in [-0.2, 0) is 4.79 Å². The lowest BCUT2D eigenvalue weighted by Crippen LogP contribution is -2.13. The number of ether oxygens (including phenoxy) is 1. The van der Waals surface area contributed by atoms with Gasteiger partial charge in [0.1, 0.15) is 5.75 Å². The second-order valence-corrected chi connectivity index (χ2v) is 3.64. The van der Waals surface area contributed by atoms with Gasteiger partial charge in [0, 0.05) is 11.1 Å². The van der Waals surface area contributed by atoms with E-state index in [0.29, 0.717) is 22.3 Å². The lowest BCUT2D eigenvalue weighted by atomic mass is 10.1. The van der Waals surface area contributed by atoms with Crippen molar-refractivity contribution in [1.82, 2.24) is 4.98 Å². The topological polar surface area (TPSA) is 79.4 Å². The number of ketones is 1. The molecule has 0 bridgehead atoms. The number of carbonyl (C=O) groups excluding carboxylic acids is 1. The molecule has 2 N–H and O–H groups in total. The number of carbonyl (C=O) groups is 2. The van der Waals surface area contributed by atoms with Gasteiger partial charge in [0.05, 0.1) is 18.2 Å². The average Bonchev–Trinajstić information content (AvgIpc) is 2.63. The second-order valence-electron chi connectivity index (χ2n) is 3.64. The predicted octanol–water partition coefficient (Wildman–Crippen LogP) is 1.75. The molecule has 0 saturated heterocycles. The molecule has 0 radical (unpaired) electrons. The minimum absolute atomic E-state index is 0.186. The first-order chi connectivity index (χ1) is 8.06. The number of Topliss-reactive ketones (excluding diaryl/α,β-unsaturated/α-hetero) is 1. The molecule has 88 valence electrons. The average molecular weight is 233 g/mol. The number of carboxylic acids is 1. The number of benzene rings is 1. The second kappa shape index (κ2) is 3.93. The molecule has 0 atom stereocenters. The number of hydrogen-bond acceptors (Lipinski definition) is 3. The fourth-order valence-electron chi connectivity index (χ4n) is 1.89. The number of fused-ring (bicyclic) bond motifs is 1. The molecule has 5 heteroatoms. The number of carboxylic acid groups (broad SMARTS) is 1. The molecular formula is C12H11NO4. The van der Waals surface area contributed by atoms with Gasteiger partial charge >= 0.3 is 5.97 Å². The number of H-pyrrole nitrogens is 1. The number of nitrogens with one attached hydrogen (secondary N) is 1. The first-order valence-corrected chi connectivity index (χ1v) is 4.99. The normalized spacial score (nSPS) is 10.5. The summed E-state index contributed by atoms with van der Waals surface area (Å²) in [5.74, 6) is -1.80. The molecule has 5 nitrogen and oxygen atoms in total. The third-order valence-corrected chi connectivity index (χ3v) is 2.62. The summed E-state index contributed by atoms with van der Waals surface area (Å²) in [5, 5.41) is 9.33. The fourth-order valence-corrected chi connectivity index (χ4v) is 1.89. The maximum Gasteiger partial charge on any atom is 0.377 e. The molecule has 1 aromatic heterocycles. The Hall–Kier alpha value is -2.30. The SMILES string of the molecule is COc1cccc2c(C(=O)C(=O)O)c(C)[nH]c12. The highest BCUT2D eigenvalue weighted by atomic mass is 16.5. The Kier molecular flexibility index (Phi) is 2.59. The first kappa shape index (κ1) is 11.2. The van der Waals surface area contributed by atoms with Crippen molar-refractivity contribution >= 4 is 22.7 Å². The molecule has 1 aromatic carbocycles. The van der Waals surface area contributed by atoms with Crippen LogP contribution in [0.1, 0.15) is 16.1 Å². The summed E-state index contributed by atoms with van der Waals surface area (Å²) in [6, 6.07) is 5.15. The van der Waals surface area contributed by atoms with Crippen molar-refractivity contribution in [2.45, 2.75) is 6.92 Å². The van der Waals surface area contributed by atoms with E-state index in [-0.39, 0.29) is 5.56 Å². The zero-order chi connectivity index (χ0) is 12.6. The van der Waals surface area contributed by atoms with Crippen molar-refractivity contribution in [1.29, 1.82) is 0 Å². The van der Waals surface area contributed by atoms with Crippen LogP contribution >= 0.6 is 0 Å². The summed E-state index contributed by atoms with van der Waals surface area (Å²) in [6.07, 6.45) is 0. The highest BCUT2D eigenvalue weighted by molar-refractivity contribution is 6.42. The standard InChI is InChI=1S/C12H11NO4/c1-6-9(11(14)12(15)16)7-4-3-5-8(17-2)10(7)13-6/h3-5,13H,1-2H3,(H,15,16). The largest absolute Gasteiger partial charge is 0.495 e. The monoisotopic (exact) mass is 233 g/mol. The quantitative estimate of drug-likeness (QED) is 0.625. The lowest BCUT2D eigenvalue weighted by Gasteiger charge is -2.00. The van der Waals surface area contributed by atoms with Gasteiger partial charge in [0.25, 0.3) is 5.78 Å². The summed E-state index contributed by atoms with van der Waals surface area (Å²) >= 11 is 0. The fraction of sp³-hybridized carbons (Fsp3) is 0.167. The molecule has 2 aromatic rings. The van der Waals surface area contributed by atoms with Gasteiger partial charge in [-0.2, -0.15) is 0 Å². The third-order valence-electron chi connectivity index (χ3n) is 2.62. The van der Waals surface area contributed by atoms with E-state index in [9.17, 15) is 9.59 Å². The number of para-hydroxylation sites is 1. The van der Waals surface area contributed by atoms with E-state index in [1.54, 1.807) is 25.1 Å². The van der Waals surface area contributed by atoms with Gasteiger partial charge < -0.3 is 14.8 Å². The third kappa shape index (κ3) is 1.65. The highest BCUT2D eigenvalue weighted by Gasteiger charge is 2.22. The Bertz CT molecular complexity index is 612. The van der Waals surface area contributed by atoms with Gasteiger partial charge in [-0.1, -0.05) is 12.1 Å². The van der Waals surface area contributed by atoms with Gasteiger partial charge in [-0.25, -0.2) is 4.79 Å².